The topological polar surface area (TPSA) is 54.6 Å². The van der Waals surface area contributed by atoms with Crippen molar-refractivity contribution in [2.24, 2.45) is 0 Å². The molecule has 0 bridgehead atoms. The van der Waals surface area contributed by atoms with Crippen molar-refractivity contribution in [2.45, 2.75) is 13.0 Å². The van der Waals surface area contributed by atoms with Crippen molar-refractivity contribution in [3.8, 4) is 28.5 Å². The van der Waals surface area contributed by atoms with Gasteiger partial charge in [-0.25, -0.2) is 0 Å². The highest BCUT2D eigenvalue weighted by Crippen LogP contribution is 2.40. The number of hydrogen-bond donors (Lipinski definition) is 2. The molecule has 3 heterocycles. The number of pyridine rings is 1. The zero-order chi connectivity index (χ0) is 16.3. The Balaban J connectivity index is 1.76. The molecule has 0 spiro atoms. The molecule has 0 fully saturated rings. The van der Waals surface area contributed by atoms with Crippen LogP contribution in [0.3, 0.4) is 0 Å². The Morgan fingerprint density at radius 1 is 1.12 bits per heavy atom. The van der Waals surface area contributed by atoms with E-state index in [-0.39, 0.29) is 6.79 Å². The summed E-state index contributed by atoms with van der Waals surface area (Å²) in [4.78, 5) is 0. The molecule has 0 aliphatic carbocycles. The van der Waals surface area contributed by atoms with Gasteiger partial charge in [0.1, 0.15) is 0 Å². The van der Waals surface area contributed by atoms with Gasteiger partial charge in [-0.1, -0.05) is 6.07 Å². The van der Waals surface area contributed by atoms with Crippen LogP contribution in [0.25, 0.3) is 22.0 Å². The Labute approximate surface area is 139 Å². The van der Waals surface area contributed by atoms with Crippen LogP contribution in [-0.4, -0.2) is 18.9 Å². The molecule has 2 aliphatic rings. The molecule has 2 N–H and O–H groups in total. The summed E-state index contributed by atoms with van der Waals surface area (Å²) in [5, 5.41) is 15.4. The standard InChI is InChI=1S/C19H16N2O3/c1-20-15-3-2-11-6-16-13-8-18-17(23-10-24-18)7-12(13)4-5-21(16)9-14(11)19(15)22/h2-3,6-9,20H,4-5,10H2,1H3/p+1. The van der Waals surface area contributed by atoms with Crippen LogP contribution < -0.4 is 19.4 Å². The predicted molar refractivity (Wildman–Crippen MR) is 90.6 cm³/mol. The fraction of sp³-hybridized carbons (Fsp3) is 0.211. The molecule has 120 valence electrons. The molecule has 0 atom stereocenters. The summed E-state index contributed by atoms with van der Waals surface area (Å²) < 4.78 is 13.2. The molecule has 2 aliphatic heterocycles. The lowest BCUT2D eigenvalue weighted by Gasteiger charge is -2.16. The molecule has 0 amide bonds. The van der Waals surface area contributed by atoms with E-state index >= 15 is 0 Å². The summed E-state index contributed by atoms with van der Waals surface area (Å²) in [6, 6.07) is 10.2. The minimum atomic E-state index is 0.288. The van der Waals surface area contributed by atoms with Gasteiger partial charge in [0.05, 0.1) is 16.6 Å². The molecule has 5 nitrogen and oxygen atoms in total. The third-order valence-corrected chi connectivity index (χ3v) is 4.90. The predicted octanol–water partition coefficient (Wildman–Crippen LogP) is 2.83. The van der Waals surface area contributed by atoms with Crippen LogP contribution in [0.4, 0.5) is 5.69 Å². The van der Waals surface area contributed by atoms with E-state index in [1.807, 2.05) is 25.4 Å². The largest absolute Gasteiger partial charge is 0.505 e. The van der Waals surface area contributed by atoms with Crippen LogP contribution in [0.5, 0.6) is 17.2 Å². The third-order valence-electron chi connectivity index (χ3n) is 4.90. The number of hydrogen-bond acceptors (Lipinski definition) is 4. The molecule has 3 aromatic rings. The number of aromatic nitrogens is 1. The van der Waals surface area contributed by atoms with Gasteiger partial charge < -0.3 is 19.9 Å². The van der Waals surface area contributed by atoms with E-state index in [1.54, 1.807) is 0 Å². The number of nitrogens with zero attached hydrogens (tertiary/aromatic N) is 1. The lowest BCUT2D eigenvalue weighted by Crippen LogP contribution is -2.40. The molecule has 2 aromatic carbocycles. The van der Waals surface area contributed by atoms with Crippen molar-refractivity contribution in [3.05, 3.63) is 42.1 Å². The fourth-order valence-corrected chi connectivity index (χ4v) is 3.63. The van der Waals surface area contributed by atoms with Gasteiger partial charge in [0.15, 0.2) is 30.0 Å². The van der Waals surface area contributed by atoms with Crippen LogP contribution in [-0.2, 0) is 13.0 Å². The molecule has 5 rings (SSSR count). The van der Waals surface area contributed by atoms with Gasteiger partial charge in [-0.2, -0.15) is 4.57 Å². The maximum atomic E-state index is 10.5. The monoisotopic (exact) mass is 321 g/mol. The Kier molecular flexibility index (Phi) is 2.68. The van der Waals surface area contributed by atoms with Gasteiger partial charge >= 0.3 is 0 Å². The summed E-state index contributed by atoms with van der Waals surface area (Å²) in [5.74, 6) is 1.93. The Hall–Kier alpha value is -2.95. The summed E-state index contributed by atoms with van der Waals surface area (Å²) in [6.45, 7) is 1.16. The fourth-order valence-electron chi connectivity index (χ4n) is 3.63. The summed E-state index contributed by atoms with van der Waals surface area (Å²) >= 11 is 0. The van der Waals surface area contributed by atoms with Gasteiger partial charge in [0, 0.05) is 19.5 Å². The van der Waals surface area contributed by atoms with E-state index in [9.17, 15) is 5.11 Å². The lowest BCUT2D eigenvalue weighted by molar-refractivity contribution is -0.686. The molecule has 0 saturated heterocycles. The molecule has 0 saturated carbocycles. The van der Waals surface area contributed by atoms with Crippen LogP contribution in [0.15, 0.2) is 36.5 Å². The van der Waals surface area contributed by atoms with Crippen molar-refractivity contribution in [1.29, 1.82) is 0 Å². The minimum absolute atomic E-state index is 0.288. The SMILES string of the molecule is CNc1ccc2cc3[n+](cc2c1O)CCc1cc2c(cc1-3)OCO2. The van der Waals surface area contributed by atoms with Crippen LogP contribution >= 0.6 is 0 Å². The van der Waals surface area contributed by atoms with Crippen LogP contribution in [0, 0.1) is 0 Å². The van der Waals surface area contributed by atoms with Gasteiger partial charge in [-0.3, -0.25) is 0 Å². The van der Waals surface area contributed by atoms with E-state index < -0.39 is 0 Å². The number of benzene rings is 2. The van der Waals surface area contributed by atoms with Crippen molar-refractivity contribution < 1.29 is 19.1 Å². The second kappa shape index (κ2) is 4.77. The first-order chi connectivity index (χ1) is 11.7. The van der Waals surface area contributed by atoms with Gasteiger partial charge in [-0.15, -0.1) is 0 Å². The first-order valence-corrected chi connectivity index (χ1v) is 8.04. The van der Waals surface area contributed by atoms with Crippen molar-refractivity contribution in [3.63, 3.8) is 0 Å². The van der Waals surface area contributed by atoms with E-state index in [4.69, 9.17) is 9.47 Å². The van der Waals surface area contributed by atoms with E-state index in [0.717, 1.165) is 46.6 Å². The van der Waals surface area contributed by atoms with Crippen molar-refractivity contribution >= 4 is 16.5 Å². The second-order valence-corrected chi connectivity index (χ2v) is 6.18. The van der Waals surface area contributed by atoms with Gasteiger partial charge in [0.25, 0.3) is 0 Å². The number of aryl methyl sites for hydroxylation is 2. The average molecular weight is 321 g/mol. The summed E-state index contributed by atoms with van der Waals surface area (Å²) in [7, 11) is 1.81. The maximum absolute atomic E-state index is 10.5. The highest BCUT2D eigenvalue weighted by Gasteiger charge is 2.28. The Morgan fingerprint density at radius 2 is 1.96 bits per heavy atom. The zero-order valence-electron chi connectivity index (χ0n) is 13.3. The molecule has 0 unspecified atom stereocenters. The van der Waals surface area contributed by atoms with E-state index in [1.165, 1.54) is 11.1 Å². The Morgan fingerprint density at radius 3 is 2.79 bits per heavy atom. The Bertz CT molecular complexity index is 998. The molecular formula is C19H17N2O3+. The lowest BCUT2D eigenvalue weighted by atomic mass is 9.95. The van der Waals surface area contributed by atoms with Crippen LogP contribution in [0.1, 0.15) is 5.56 Å². The number of phenols is 1. The zero-order valence-corrected chi connectivity index (χ0v) is 13.3. The third kappa shape index (κ3) is 1.78. The van der Waals surface area contributed by atoms with E-state index in [0.29, 0.717) is 5.75 Å². The highest BCUT2D eigenvalue weighted by molar-refractivity contribution is 5.93. The number of fused-ring (bicyclic) bond motifs is 5. The van der Waals surface area contributed by atoms with Gasteiger partial charge in [0.2, 0.25) is 12.5 Å². The first-order valence-electron chi connectivity index (χ1n) is 8.04. The molecular weight excluding hydrogens is 304 g/mol. The van der Waals surface area contributed by atoms with E-state index in [2.05, 4.69) is 28.1 Å². The maximum Gasteiger partial charge on any atom is 0.231 e. The number of rotatable bonds is 1. The average Bonchev–Trinajstić information content (AvgIpc) is 3.06. The summed E-state index contributed by atoms with van der Waals surface area (Å²) in [6.07, 6.45) is 2.97. The number of ether oxygens (including phenoxy) is 2. The number of anilines is 1. The number of nitrogens with one attached hydrogen (secondary N) is 1. The molecule has 5 heteroatoms. The second-order valence-electron chi connectivity index (χ2n) is 6.18. The molecule has 24 heavy (non-hydrogen) atoms. The summed E-state index contributed by atoms with van der Waals surface area (Å²) in [5.41, 5.74) is 4.32. The number of aromatic hydroxyl groups is 1. The van der Waals surface area contributed by atoms with Crippen molar-refractivity contribution in [1.82, 2.24) is 0 Å². The smallest absolute Gasteiger partial charge is 0.231 e. The van der Waals surface area contributed by atoms with Gasteiger partial charge in [-0.05, 0) is 29.1 Å². The quantitative estimate of drug-likeness (QED) is 0.534. The molecule has 1 aromatic heterocycles. The number of phenolic OH excluding ortho intramolecular Hbond substituents is 1. The first kappa shape index (κ1) is 13.5. The highest BCUT2D eigenvalue weighted by atomic mass is 16.7. The normalized spacial score (nSPS) is 14.4. The molecule has 0 radical (unpaired) electrons. The van der Waals surface area contributed by atoms with Crippen molar-refractivity contribution in [2.75, 3.05) is 19.2 Å². The van der Waals surface area contributed by atoms with Crippen LogP contribution in [0.2, 0.25) is 0 Å². The minimum Gasteiger partial charge on any atom is -0.505 e.